The molecule has 1 aliphatic rings. The molecule has 3 aromatic heterocycles. The predicted octanol–water partition coefficient (Wildman–Crippen LogP) is 4.47. The van der Waals surface area contributed by atoms with Crippen molar-refractivity contribution in [2.24, 2.45) is 0 Å². The number of pyridine rings is 1. The van der Waals surface area contributed by atoms with Crippen LogP contribution in [0.4, 0.5) is 10.7 Å². The molecule has 10 nitrogen and oxygen atoms in total. The average molecular weight is 503 g/mol. The number of nitrogens with zero attached hydrogens (tertiary/aromatic N) is 5. The minimum absolute atomic E-state index is 0. The molecule has 37 heavy (non-hydrogen) atoms. The number of rotatable bonds is 6. The molecule has 10 heteroatoms. The molecule has 4 heterocycles. The molecule has 0 unspecified atom stereocenters. The summed E-state index contributed by atoms with van der Waals surface area (Å²) in [5.41, 5.74) is 5.10. The van der Waals surface area contributed by atoms with E-state index in [1.807, 2.05) is 18.3 Å². The van der Waals surface area contributed by atoms with Crippen LogP contribution in [-0.2, 0) is 11.3 Å². The highest BCUT2D eigenvalue weighted by molar-refractivity contribution is 5.96. The molecular weight excluding hydrogens is 468 g/mol. The van der Waals surface area contributed by atoms with Gasteiger partial charge in [0.2, 0.25) is 5.95 Å². The molecule has 1 amide bonds. The maximum atomic E-state index is 11.9. The van der Waals surface area contributed by atoms with Crippen LogP contribution >= 0.6 is 0 Å². The zero-order chi connectivity index (χ0) is 25.1. The fourth-order valence-corrected chi connectivity index (χ4v) is 4.70. The van der Waals surface area contributed by atoms with Gasteiger partial charge >= 0.3 is 6.09 Å². The summed E-state index contributed by atoms with van der Waals surface area (Å²) in [7, 11) is 0. The molecule has 0 saturated carbocycles. The van der Waals surface area contributed by atoms with E-state index >= 15 is 0 Å². The highest BCUT2D eigenvalue weighted by Crippen LogP contribution is 2.32. The van der Waals surface area contributed by atoms with E-state index in [0.717, 1.165) is 47.5 Å². The van der Waals surface area contributed by atoms with E-state index < -0.39 is 6.09 Å². The minimum atomic E-state index is -0.567. The first-order chi connectivity index (χ1) is 17.5. The SMILES string of the molecule is C.CCOC(=O)Nc1nc2c(-c3ncccn3)cc(-c3ccc(CN4C[C@@H](C)N[C@@H](C)C4)nc3)cc2[nH]1. The van der Waals surface area contributed by atoms with Crippen LogP contribution in [0.15, 0.2) is 48.9 Å². The number of carbonyl (C=O) groups is 1. The Labute approximate surface area is 216 Å². The summed E-state index contributed by atoms with van der Waals surface area (Å²) in [6.07, 6.45) is 4.72. The van der Waals surface area contributed by atoms with Gasteiger partial charge in [0.05, 0.1) is 17.8 Å². The summed E-state index contributed by atoms with van der Waals surface area (Å²) in [6, 6.07) is 10.9. The van der Waals surface area contributed by atoms with Crippen LogP contribution in [0.1, 0.15) is 33.9 Å². The van der Waals surface area contributed by atoms with Gasteiger partial charge in [-0.25, -0.2) is 19.7 Å². The van der Waals surface area contributed by atoms with Crippen molar-refractivity contribution in [1.82, 2.24) is 35.1 Å². The lowest BCUT2D eigenvalue weighted by molar-refractivity contribution is 0.165. The molecule has 0 radical (unpaired) electrons. The van der Waals surface area contributed by atoms with Crippen molar-refractivity contribution in [1.29, 1.82) is 0 Å². The van der Waals surface area contributed by atoms with Crippen molar-refractivity contribution < 1.29 is 9.53 Å². The molecule has 0 bridgehead atoms. The monoisotopic (exact) mass is 502 g/mol. The molecular formula is C27H34N8O2. The Morgan fingerprint density at radius 2 is 1.86 bits per heavy atom. The standard InChI is InChI=1S/C26H30N8O2.CH4/c1-4-36-26(35)33-25-31-22-11-19(10-21(23(22)32-25)24-27-8-5-9-28-24)18-6-7-20(29-12-18)15-34-13-16(2)30-17(3)14-34;/h5-12,16-17,30H,4,13-15H2,1-3H3,(H2,31,32,33,35);1H4/t16-,17+;. The molecule has 1 fully saturated rings. The number of imidazole rings is 1. The summed E-state index contributed by atoms with van der Waals surface area (Å²) < 4.78 is 4.98. The number of hydrogen-bond donors (Lipinski definition) is 3. The molecule has 1 aliphatic heterocycles. The number of H-pyrrole nitrogens is 1. The molecule has 4 aromatic rings. The number of aromatic nitrogens is 5. The van der Waals surface area contributed by atoms with Gasteiger partial charge in [-0.3, -0.25) is 15.2 Å². The first-order valence-corrected chi connectivity index (χ1v) is 12.2. The number of carbonyl (C=O) groups excluding carboxylic acids is 1. The van der Waals surface area contributed by atoms with Gasteiger partial charge in [0.1, 0.15) is 5.52 Å². The van der Waals surface area contributed by atoms with Gasteiger partial charge in [-0.05, 0) is 50.6 Å². The maximum absolute atomic E-state index is 11.9. The highest BCUT2D eigenvalue weighted by Gasteiger charge is 2.21. The van der Waals surface area contributed by atoms with Gasteiger partial charge in [-0.1, -0.05) is 13.5 Å². The summed E-state index contributed by atoms with van der Waals surface area (Å²) in [4.78, 5) is 35.7. The Bertz CT molecular complexity index is 1330. The lowest BCUT2D eigenvalue weighted by Gasteiger charge is -2.35. The van der Waals surface area contributed by atoms with Crippen molar-refractivity contribution in [3.8, 4) is 22.5 Å². The maximum Gasteiger partial charge on any atom is 0.413 e. The number of hydrogen-bond acceptors (Lipinski definition) is 8. The lowest BCUT2D eigenvalue weighted by atomic mass is 10.0. The topological polar surface area (TPSA) is 121 Å². The number of anilines is 1. The molecule has 2 atom stereocenters. The van der Waals surface area contributed by atoms with Crippen molar-refractivity contribution in [3.05, 3.63) is 54.6 Å². The Balaban J connectivity index is 0.00000320. The molecule has 0 spiro atoms. The van der Waals surface area contributed by atoms with Crippen LogP contribution in [0, 0.1) is 0 Å². The molecule has 3 N–H and O–H groups in total. The molecule has 5 rings (SSSR count). The Morgan fingerprint density at radius 3 is 2.54 bits per heavy atom. The zero-order valence-electron chi connectivity index (χ0n) is 20.7. The quantitative estimate of drug-likeness (QED) is 0.353. The molecule has 194 valence electrons. The van der Waals surface area contributed by atoms with E-state index in [9.17, 15) is 4.79 Å². The minimum Gasteiger partial charge on any atom is -0.450 e. The van der Waals surface area contributed by atoms with Gasteiger partial charge < -0.3 is 15.0 Å². The van der Waals surface area contributed by atoms with E-state index in [4.69, 9.17) is 9.72 Å². The van der Waals surface area contributed by atoms with Crippen LogP contribution in [0.2, 0.25) is 0 Å². The van der Waals surface area contributed by atoms with Crippen molar-refractivity contribution in [2.45, 2.75) is 46.8 Å². The van der Waals surface area contributed by atoms with E-state index in [-0.39, 0.29) is 14.0 Å². The Hall–Kier alpha value is -3.89. The predicted molar refractivity (Wildman–Crippen MR) is 145 cm³/mol. The fourth-order valence-electron chi connectivity index (χ4n) is 4.70. The normalized spacial score (nSPS) is 17.8. The molecule has 1 saturated heterocycles. The smallest absolute Gasteiger partial charge is 0.413 e. The largest absolute Gasteiger partial charge is 0.450 e. The van der Waals surface area contributed by atoms with Crippen molar-refractivity contribution >= 4 is 23.1 Å². The van der Waals surface area contributed by atoms with Crippen LogP contribution in [0.5, 0.6) is 0 Å². The number of fused-ring (bicyclic) bond motifs is 1. The number of aromatic amines is 1. The second-order valence-electron chi connectivity index (χ2n) is 9.12. The van der Waals surface area contributed by atoms with Gasteiger partial charge in [0, 0.05) is 61.4 Å². The summed E-state index contributed by atoms with van der Waals surface area (Å²) in [6.45, 7) is 9.29. The number of piperazine rings is 1. The first-order valence-electron chi connectivity index (χ1n) is 12.2. The summed E-state index contributed by atoms with van der Waals surface area (Å²) >= 11 is 0. The number of benzene rings is 1. The van der Waals surface area contributed by atoms with Crippen LogP contribution in [0.3, 0.4) is 0 Å². The number of amides is 1. The Morgan fingerprint density at radius 1 is 1.11 bits per heavy atom. The fraction of sp³-hybridized carbons (Fsp3) is 0.370. The van der Waals surface area contributed by atoms with Gasteiger partial charge in [0.15, 0.2) is 5.82 Å². The third-order valence-corrected chi connectivity index (χ3v) is 6.07. The van der Waals surface area contributed by atoms with E-state index in [2.05, 4.69) is 61.4 Å². The third kappa shape index (κ3) is 6.10. The van der Waals surface area contributed by atoms with Gasteiger partial charge in [-0.2, -0.15) is 0 Å². The van der Waals surface area contributed by atoms with Crippen LogP contribution in [0.25, 0.3) is 33.5 Å². The summed E-state index contributed by atoms with van der Waals surface area (Å²) in [5, 5.41) is 6.20. The van der Waals surface area contributed by atoms with E-state index in [1.54, 1.807) is 25.4 Å². The van der Waals surface area contributed by atoms with Crippen molar-refractivity contribution in [3.63, 3.8) is 0 Å². The van der Waals surface area contributed by atoms with Gasteiger partial charge in [-0.15, -0.1) is 0 Å². The number of nitrogens with one attached hydrogen (secondary N) is 3. The second kappa shape index (κ2) is 11.4. The second-order valence-corrected chi connectivity index (χ2v) is 9.12. The van der Waals surface area contributed by atoms with E-state index in [0.29, 0.717) is 29.4 Å². The van der Waals surface area contributed by atoms with Crippen LogP contribution < -0.4 is 10.6 Å². The van der Waals surface area contributed by atoms with Crippen LogP contribution in [-0.4, -0.2) is 67.7 Å². The zero-order valence-corrected chi connectivity index (χ0v) is 20.7. The molecule has 0 aliphatic carbocycles. The summed E-state index contributed by atoms with van der Waals surface area (Å²) in [5.74, 6) is 0.843. The lowest BCUT2D eigenvalue weighted by Crippen LogP contribution is -2.53. The third-order valence-electron chi connectivity index (χ3n) is 6.07. The number of ether oxygens (including phenoxy) is 1. The van der Waals surface area contributed by atoms with Gasteiger partial charge in [0.25, 0.3) is 0 Å². The van der Waals surface area contributed by atoms with Crippen molar-refractivity contribution in [2.75, 3.05) is 25.0 Å². The van der Waals surface area contributed by atoms with E-state index in [1.165, 1.54) is 0 Å². The Kier molecular flexibility index (Phi) is 8.10. The first kappa shape index (κ1) is 26.2. The molecule has 1 aromatic carbocycles. The highest BCUT2D eigenvalue weighted by atomic mass is 16.5. The average Bonchev–Trinajstić information content (AvgIpc) is 3.26.